The second kappa shape index (κ2) is 7.61. The maximum absolute atomic E-state index is 11.8. The Morgan fingerprint density at radius 2 is 1.86 bits per heavy atom. The monoisotopic (exact) mass is 295 g/mol. The highest BCUT2D eigenvalue weighted by Crippen LogP contribution is 2.25. The van der Waals surface area contributed by atoms with Crippen LogP contribution in [0.5, 0.6) is 0 Å². The lowest BCUT2D eigenvalue weighted by Gasteiger charge is -2.36. The third-order valence-corrected chi connectivity index (χ3v) is 3.54. The summed E-state index contributed by atoms with van der Waals surface area (Å²) >= 11 is 0. The fraction of sp³-hybridized carbons (Fsp3) is 0.533. The predicted octanol–water partition coefficient (Wildman–Crippen LogP) is 0.928. The summed E-state index contributed by atoms with van der Waals surface area (Å²) in [5.74, 6) is -2.98. The summed E-state index contributed by atoms with van der Waals surface area (Å²) in [4.78, 5) is 37.0. The standard InChI is InChI=1S/C15H21NO5/c1-5-6-12-8-7-11(9-16(12)10(2)17)13(14(18)20-3)15(19)21-4/h5,7-8,11-13H,1,6,9H2,2-4H3/t11-,12+/m1/s1. The van der Waals surface area contributed by atoms with Crippen LogP contribution in [0.15, 0.2) is 24.8 Å². The highest BCUT2D eigenvalue weighted by Gasteiger charge is 2.39. The van der Waals surface area contributed by atoms with E-state index in [2.05, 4.69) is 16.1 Å². The van der Waals surface area contributed by atoms with Crippen molar-refractivity contribution in [1.82, 2.24) is 4.90 Å². The van der Waals surface area contributed by atoms with Gasteiger partial charge in [0.05, 0.1) is 20.3 Å². The average molecular weight is 295 g/mol. The summed E-state index contributed by atoms with van der Waals surface area (Å²) in [6.45, 7) is 5.38. The van der Waals surface area contributed by atoms with E-state index in [-0.39, 0.29) is 18.5 Å². The summed E-state index contributed by atoms with van der Waals surface area (Å²) in [6.07, 6.45) is 5.93. The number of esters is 2. The molecule has 0 fully saturated rings. The summed E-state index contributed by atoms with van der Waals surface area (Å²) < 4.78 is 9.33. The Kier molecular flexibility index (Phi) is 6.14. The lowest BCUT2D eigenvalue weighted by atomic mass is 9.87. The lowest BCUT2D eigenvalue weighted by Crippen LogP contribution is -2.47. The van der Waals surface area contributed by atoms with E-state index in [1.165, 1.54) is 21.1 Å². The molecule has 6 heteroatoms. The number of rotatable bonds is 5. The van der Waals surface area contributed by atoms with Crippen molar-refractivity contribution in [2.75, 3.05) is 20.8 Å². The number of ether oxygens (including phenoxy) is 2. The quantitative estimate of drug-likeness (QED) is 0.428. The van der Waals surface area contributed by atoms with E-state index in [1.54, 1.807) is 17.1 Å². The van der Waals surface area contributed by atoms with E-state index in [1.807, 2.05) is 6.08 Å². The molecule has 116 valence electrons. The molecule has 1 aliphatic rings. The first kappa shape index (κ1) is 16.9. The molecule has 0 bridgehead atoms. The zero-order valence-electron chi connectivity index (χ0n) is 12.6. The molecular formula is C15H21NO5. The van der Waals surface area contributed by atoms with Gasteiger partial charge in [0.15, 0.2) is 5.92 Å². The highest BCUT2D eigenvalue weighted by molar-refractivity contribution is 5.95. The van der Waals surface area contributed by atoms with Gasteiger partial charge in [-0.15, -0.1) is 6.58 Å². The number of methoxy groups -OCH3 is 2. The molecule has 1 heterocycles. The van der Waals surface area contributed by atoms with Crippen molar-refractivity contribution in [3.63, 3.8) is 0 Å². The highest BCUT2D eigenvalue weighted by atomic mass is 16.5. The molecule has 0 aromatic heterocycles. The summed E-state index contributed by atoms with van der Waals surface area (Å²) in [5.41, 5.74) is 0. The molecule has 0 aliphatic carbocycles. The van der Waals surface area contributed by atoms with E-state index in [0.29, 0.717) is 6.42 Å². The summed E-state index contributed by atoms with van der Waals surface area (Å²) in [5, 5.41) is 0. The van der Waals surface area contributed by atoms with Crippen molar-refractivity contribution < 1.29 is 23.9 Å². The van der Waals surface area contributed by atoms with E-state index < -0.39 is 23.8 Å². The van der Waals surface area contributed by atoms with Gasteiger partial charge in [-0.2, -0.15) is 0 Å². The zero-order chi connectivity index (χ0) is 16.0. The number of nitrogens with zero attached hydrogens (tertiary/aromatic N) is 1. The minimum atomic E-state index is -1.07. The number of hydrogen-bond acceptors (Lipinski definition) is 5. The van der Waals surface area contributed by atoms with E-state index in [4.69, 9.17) is 0 Å². The topological polar surface area (TPSA) is 72.9 Å². The molecule has 1 rings (SSSR count). The van der Waals surface area contributed by atoms with Crippen molar-refractivity contribution in [2.24, 2.45) is 11.8 Å². The van der Waals surface area contributed by atoms with Crippen LogP contribution in [-0.4, -0.2) is 49.6 Å². The maximum Gasteiger partial charge on any atom is 0.320 e. The molecule has 0 radical (unpaired) electrons. The van der Waals surface area contributed by atoms with Crippen molar-refractivity contribution in [2.45, 2.75) is 19.4 Å². The molecule has 1 aliphatic heterocycles. The van der Waals surface area contributed by atoms with Crippen LogP contribution in [0.2, 0.25) is 0 Å². The second-order valence-electron chi connectivity index (χ2n) is 4.84. The van der Waals surface area contributed by atoms with Crippen LogP contribution in [0.1, 0.15) is 13.3 Å². The van der Waals surface area contributed by atoms with E-state index in [0.717, 1.165) is 0 Å². The van der Waals surface area contributed by atoms with Crippen LogP contribution in [0.4, 0.5) is 0 Å². The lowest BCUT2D eigenvalue weighted by molar-refractivity contribution is -0.162. The van der Waals surface area contributed by atoms with Crippen LogP contribution in [0, 0.1) is 11.8 Å². The van der Waals surface area contributed by atoms with Gasteiger partial charge in [0.25, 0.3) is 0 Å². The van der Waals surface area contributed by atoms with Gasteiger partial charge in [-0.1, -0.05) is 18.2 Å². The fourth-order valence-electron chi connectivity index (χ4n) is 2.45. The Hall–Kier alpha value is -2.11. The first-order valence-electron chi connectivity index (χ1n) is 6.68. The molecule has 0 saturated heterocycles. The van der Waals surface area contributed by atoms with Crippen molar-refractivity contribution >= 4 is 17.8 Å². The number of amides is 1. The second-order valence-corrected chi connectivity index (χ2v) is 4.84. The smallest absolute Gasteiger partial charge is 0.320 e. The van der Waals surface area contributed by atoms with Gasteiger partial charge in [-0.25, -0.2) is 0 Å². The first-order chi connectivity index (χ1) is 9.96. The third kappa shape index (κ3) is 3.93. The molecule has 0 N–H and O–H groups in total. The fourth-order valence-corrected chi connectivity index (χ4v) is 2.45. The third-order valence-electron chi connectivity index (χ3n) is 3.54. The van der Waals surface area contributed by atoms with Crippen LogP contribution in [-0.2, 0) is 23.9 Å². The molecule has 1 amide bonds. The zero-order valence-corrected chi connectivity index (χ0v) is 12.6. The van der Waals surface area contributed by atoms with Crippen LogP contribution < -0.4 is 0 Å². The minimum Gasteiger partial charge on any atom is -0.468 e. The predicted molar refractivity (Wildman–Crippen MR) is 76.1 cm³/mol. The Labute approximate surface area is 124 Å². The van der Waals surface area contributed by atoms with Crippen molar-refractivity contribution in [1.29, 1.82) is 0 Å². The van der Waals surface area contributed by atoms with Crippen LogP contribution >= 0.6 is 0 Å². The molecule has 2 atom stereocenters. The van der Waals surface area contributed by atoms with Gasteiger partial charge >= 0.3 is 11.9 Å². The first-order valence-corrected chi connectivity index (χ1v) is 6.68. The normalized spacial score (nSPS) is 21.0. The molecule has 0 saturated carbocycles. The van der Waals surface area contributed by atoms with Gasteiger partial charge in [0.1, 0.15) is 0 Å². The number of hydrogen-bond donors (Lipinski definition) is 0. The van der Waals surface area contributed by atoms with Gasteiger partial charge in [-0.3, -0.25) is 14.4 Å². The van der Waals surface area contributed by atoms with Crippen LogP contribution in [0.3, 0.4) is 0 Å². The molecule has 0 aromatic rings. The van der Waals surface area contributed by atoms with Crippen molar-refractivity contribution in [3.8, 4) is 0 Å². The molecule has 0 spiro atoms. The molecular weight excluding hydrogens is 274 g/mol. The van der Waals surface area contributed by atoms with Gasteiger partial charge in [0, 0.05) is 19.4 Å². The Balaban J connectivity index is 3.03. The van der Waals surface area contributed by atoms with Gasteiger partial charge < -0.3 is 14.4 Å². The van der Waals surface area contributed by atoms with E-state index in [9.17, 15) is 14.4 Å². The molecule has 21 heavy (non-hydrogen) atoms. The van der Waals surface area contributed by atoms with Gasteiger partial charge in [-0.05, 0) is 6.42 Å². The number of carbonyl (C=O) groups is 3. The van der Waals surface area contributed by atoms with E-state index >= 15 is 0 Å². The maximum atomic E-state index is 11.8. The van der Waals surface area contributed by atoms with Gasteiger partial charge in [0.2, 0.25) is 5.91 Å². The summed E-state index contributed by atoms with van der Waals surface area (Å²) in [6, 6.07) is -0.104. The number of carbonyl (C=O) groups excluding carboxylic acids is 3. The van der Waals surface area contributed by atoms with Crippen molar-refractivity contribution in [3.05, 3.63) is 24.8 Å². The summed E-state index contributed by atoms with van der Waals surface area (Å²) in [7, 11) is 2.43. The largest absolute Gasteiger partial charge is 0.468 e. The SMILES string of the molecule is C=CC[C@H]1C=C[C@@H](C(C(=O)OC)C(=O)OC)CN1C(C)=O. The minimum absolute atomic E-state index is 0.104. The Morgan fingerprint density at radius 1 is 1.29 bits per heavy atom. The Morgan fingerprint density at radius 3 is 2.29 bits per heavy atom. The molecule has 0 unspecified atom stereocenters. The van der Waals surface area contributed by atoms with Crippen LogP contribution in [0.25, 0.3) is 0 Å². The Bertz CT molecular complexity index is 441. The average Bonchev–Trinajstić information content (AvgIpc) is 2.48. The molecule has 0 aromatic carbocycles. The molecule has 6 nitrogen and oxygen atoms in total.